The normalized spacial score (nSPS) is 16.5. The van der Waals surface area contributed by atoms with Gasteiger partial charge in [-0.3, -0.25) is 29.6 Å². The molecule has 10 heteroatoms. The average molecular weight is 481 g/mol. The van der Waals surface area contributed by atoms with Gasteiger partial charge in [0.15, 0.2) is 6.10 Å². The Balaban J connectivity index is 1.61. The molecular formula is C22H19Cl2FN2O5. The second kappa shape index (κ2) is 10.6. The number of hydrazine groups is 1. The Morgan fingerprint density at radius 2 is 1.72 bits per heavy atom. The molecule has 1 heterocycles. The maximum atomic E-state index is 13.1. The summed E-state index contributed by atoms with van der Waals surface area (Å²) in [5.74, 6) is -3.59. The number of Topliss-reactive ketones (excluding diaryl/α,β-unsaturated/α-hetero) is 1. The number of carbonyl (C=O) groups is 4. The number of amides is 2. The zero-order valence-electron chi connectivity index (χ0n) is 16.7. The molecule has 1 N–H and O–H groups in total. The van der Waals surface area contributed by atoms with E-state index in [-0.39, 0.29) is 30.8 Å². The maximum Gasteiger partial charge on any atom is 0.312 e. The van der Waals surface area contributed by atoms with Crippen LogP contribution in [0.25, 0.3) is 0 Å². The maximum absolute atomic E-state index is 13.1. The van der Waals surface area contributed by atoms with E-state index in [0.717, 1.165) is 17.1 Å². The molecule has 2 aromatic carbocycles. The molecule has 1 saturated heterocycles. The Morgan fingerprint density at radius 3 is 2.34 bits per heavy atom. The number of hydrogen-bond acceptors (Lipinski definition) is 5. The highest BCUT2D eigenvalue weighted by Gasteiger charge is 2.38. The number of rotatable bonds is 8. The van der Waals surface area contributed by atoms with Crippen molar-refractivity contribution in [3.8, 4) is 0 Å². The largest absolute Gasteiger partial charge is 0.454 e. The molecule has 2 atom stereocenters. The van der Waals surface area contributed by atoms with Crippen molar-refractivity contribution in [1.82, 2.24) is 10.4 Å². The minimum atomic E-state index is -1.17. The first kappa shape index (κ1) is 23.7. The van der Waals surface area contributed by atoms with Gasteiger partial charge >= 0.3 is 5.97 Å². The van der Waals surface area contributed by atoms with E-state index in [9.17, 15) is 23.6 Å². The lowest BCUT2D eigenvalue weighted by Crippen LogP contribution is -2.43. The van der Waals surface area contributed by atoms with Crippen molar-refractivity contribution in [2.45, 2.75) is 18.9 Å². The van der Waals surface area contributed by atoms with E-state index in [4.69, 9.17) is 27.9 Å². The topological polar surface area (TPSA) is 92.8 Å². The number of carbonyl (C=O) groups excluding carboxylic acids is 4. The van der Waals surface area contributed by atoms with Gasteiger partial charge in [-0.25, -0.2) is 4.39 Å². The molecule has 0 bridgehead atoms. The first-order valence-corrected chi connectivity index (χ1v) is 10.6. The smallest absolute Gasteiger partial charge is 0.312 e. The summed E-state index contributed by atoms with van der Waals surface area (Å²) in [5, 5.41) is 1.50. The molecule has 168 valence electrons. The number of benzene rings is 2. The number of alkyl halides is 1. The van der Waals surface area contributed by atoms with Crippen molar-refractivity contribution in [3.05, 3.63) is 70.5 Å². The lowest BCUT2D eigenvalue weighted by molar-refractivity contribution is -0.151. The van der Waals surface area contributed by atoms with Gasteiger partial charge in [0, 0.05) is 34.9 Å². The second-order valence-corrected chi connectivity index (χ2v) is 7.94. The molecule has 3 rings (SSSR count). The van der Waals surface area contributed by atoms with E-state index >= 15 is 0 Å². The van der Waals surface area contributed by atoms with Crippen molar-refractivity contribution in [1.29, 1.82) is 0 Å². The molecule has 0 unspecified atom stereocenters. The van der Waals surface area contributed by atoms with Gasteiger partial charge in [0.1, 0.15) is 5.82 Å². The van der Waals surface area contributed by atoms with Crippen LogP contribution in [0.1, 0.15) is 33.6 Å². The number of ketones is 1. The van der Waals surface area contributed by atoms with Crippen molar-refractivity contribution >= 4 is 46.8 Å². The fourth-order valence-corrected chi connectivity index (χ4v) is 3.47. The molecule has 0 aromatic heterocycles. The third kappa shape index (κ3) is 5.83. The van der Waals surface area contributed by atoms with Crippen LogP contribution in [-0.2, 0) is 14.3 Å². The molecule has 1 aliphatic rings. The van der Waals surface area contributed by atoms with Crippen LogP contribution in [0.3, 0.4) is 0 Å². The molecule has 0 spiro atoms. The van der Waals surface area contributed by atoms with Crippen LogP contribution in [-0.4, -0.2) is 47.1 Å². The summed E-state index contributed by atoms with van der Waals surface area (Å²) in [5.41, 5.74) is 2.92. The molecular weight excluding hydrogens is 462 g/mol. The van der Waals surface area contributed by atoms with Gasteiger partial charge < -0.3 is 4.74 Å². The van der Waals surface area contributed by atoms with E-state index in [2.05, 4.69) is 5.43 Å². The fraction of sp³-hybridized carbons (Fsp3) is 0.273. The number of hydrogen-bond donors (Lipinski definition) is 1. The van der Waals surface area contributed by atoms with Gasteiger partial charge in [0.2, 0.25) is 11.7 Å². The van der Waals surface area contributed by atoms with E-state index in [1.165, 1.54) is 36.4 Å². The van der Waals surface area contributed by atoms with Crippen LogP contribution < -0.4 is 5.43 Å². The molecule has 0 saturated carbocycles. The van der Waals surface area contributed by atoms with Gasteiger partial charge in [-0.1, -0.05) is 11.6 Å². The fourth-order valence-electron chi connectivity index (χ4n) is 3.14. The second-order valence-electron chi connectivity index (χ2n) is 7.13. The lowest BCUT2D eigenvalue weighted by Gasteiger charge is -2.19. The number of nitrogens with zero attached hydrogens (tertiary/aromatic N) is 1. The van der Waals surface area contributed by atoms with Crippen molar-refractivity contribution in [2.24, 2.45) is 5.92 Å². The summed E-state index contributed by atoms with van der Waals surface area (Å²) in [6, 6.07) is 10.9. The Labute approximate surface area is 193 Å². The van der Waals surface area contributed by atoms with Gasteiger partial charge in [0.05, 0.1) is 12.5 Å². The quantitative estimate of drug-likeness (QED) is 0.355. The number of nitrogens with one attached hydrogen (secondary N) is 1. The van der Waals surface area contributed by atoms with Crippen molar-refractivity contribution < 1.29 is 28.3 Å². The monoisotopic (exact) mass is 480 g/mol. The first-order valence-electron chi connectivity index (χ1n) is 9.71. The summed E-state index contributed by atoms with van der Waals surface area (Å²) < 4.78 is 18.5. The van der Waals surface area contributed by atoms with Gasteiger partial charge in [-0.15, -0.1) is 11.6 Å². The van der Waals surface area contributed by atoms with Crippen molar-refractivity contribution in [2.75, 3.05) is 12.4 Å². The van der Waals surface area contributed by atoms with E-state index < -0.39 is 41.4 Å². The number of halogens is 3. The molecule has 7 nitrogen and oxygen atoms in total. The van der Waals surface area contributed by atoms with Crippen LogP contribution >= 0.6 is 23.2 Å². The summed E-state index contributed by atoms with van der Waals surface area (Å²) in [4.78, 5) is 49.9. The average Bonchev–Trinajstić information content (AvgIpc) is 3.14. The van der Waals surface area contributed by atoms with E-state index in [0.29, 0.717) is 10.6 Å². The summed E-state index contributed by atoms with van der Waals surface area (Å²) in [6.45, 7) is -0.102. The van der Waals surface area contributed by atoms with Gasteiger partial charge in [-0.2, -0.15) is 0 Å². The number of esters is 1. The molecule has 2 aromatic rings. The Bertz CT molecular complexity index is 1010. The standard InChI is InChI=1S/C22H19Cl2FN2O5/c23-10-9-18(20(29)13-3-7-17(25)8-4-13)32-22(31)15-11-19(28)27(12-15)26-21(30)14-1-5-16(24)6-2-14/h1-8,15,18H,9-12H2,(H,26,30)/t15-,18-/m0/s1. The molecule has 2 amide bonds. The molecule has 0 aliphatic carbocycles. The molecule has 1 aliphatic heterocycles. The summed E-state index contributed by atoms with van der Waals surface area (Å²) in [7, 11) is 0. The highest BCUT2D eigenvalue weighted by molar-refractivity contribution is 6.30. The van der Waals surface area contributed by atoms with Gasteiger partial charge in [-0.05, 0) is 48.5 Å². The van der Waals surface area contributed by atoms with E-state index in [1.54, 1.807) is 0 Å². The zero-order chi connectivity index (χ0) is 23.3. The Morgan fingerprint density at radius 1 is 1.09 bits per heavy atom. The zero-order valence-corrected chi connectivity index (χ0v) is 18.2. The minimum absolute atomic E-state index is 0.0533. The Kier molecular flexibility index (Phi) is 7.82. The summed E-state index contributed by atoms with van der Waals surface area (Å²) >= 11 is 11.5. The predicted molar refractivity (Wildman–Crippen MR) is 115 cm³/mol. The minimum Gasteiger partial charge on any atom is -0.454 e. The predicted octanol–water partition coefficient (Wildman–Crippen LogP) is 3.40. The van der Waals surface area contributed by atoms with Gasteiger partial charge in [0.25, 0.3) is 5.91 Å². The molecule has 1 fully saturated rings. The third-order valence-electron chi connectivity index (χ3n) is 4.85. The Hall–Kier alpha value is -2.97. The van der Waals surface area contributed by atoms with Crippen LogP contribution in [0.2, 0.25) is 5.02 Å². The summed E-state index contributed by atoms with van der Waals surface area (Å²) in [6.07, 6.45) is -1.29. The van der Waals surface area contributed by atoms with Crippen LogP contribution in [0.15, 0.2) is 48.5 Å². The third-order valence-corrected chi connectivity index (χ3v) is 5.32. The highest BCUT2D eigenvalue weighted by atomic mass is 35.5. The van der Waals surface area contributed by atoms with Crippen LogP contribution in [0.5, 0.6) is 0 Å². The lowest BCUT2D eigenvalue weighted by atomic mass is 10.0. The van der Waals surface area contributed by atoms with Crippen molar-refractivity contribution in [3.63, 3.8) is 0 Å². The molecule has 0 radical (unpaired) electrons. The van der Waals surface area contributed by atoms with Crippen LogP contribution in [0, 0.1) is 11.7 Å². The number of ether oxygens (including phenoxy) is 1. The SMILES string of the molecule is O=C(NN1C[C@@H](C(=O)O[C@@H](CCCl)C(=O)c2ccc(F)cc2)CC1=O)c1ccc(Cl)cc1. The molecule has 32 heavy (non-hydrogen) atoms. The van der Waals surface area contributed by atoms with E-state index in [1.807, 2.05) is 0 Å². The van der Waals surface area contributed by atoms with Crippen LogP contribution in [0.4, 0.5) is 4.39 Å². The first-order chi connectivity index (χ1) is 15.3. The highest BCUT2D eigenvalue weighted by Crippen LogP contribution is 2.21.